The molecule has 3 aromatic rings. The molecule has 0 bridgehead atoms. The first-order valence-corrected chi connectivity index (χ1v) is 9.48. The van der Waals surface area contributed by atoms with Crippen LogP contribution in [0, 0.1) is 5.92 Å². The van der Waals surface area contributed by atoms with Crippen molar-refractivity contribution < 1.29 is 0 Å². The van der Waals surface area contributed by atoms with E-state index in [1.807, 2.05) is 29.2 Å². The number of pyridine rings is 1. The quantitative estimate of drug-likeness (QED) is 0.622. The maximum Gasteiger partial charge on any atom is 0.116 e. The number of fused-ring (bicyclic) bond motifs is 1. The SMILES string of the molecule is CC(C)CCn1cc(-c2cnc3ccc(Br)cc3c2NC(C)C)nn1. The maximum atomic E-state index is 4.61. The second-order valence-electron chi connectivity index (χ2n) is 7.06. The third kappa shape index (κ3) is 4.18. The summed E-state index contributed by atoms with van der Waals surface area (Å²) >= 11 is 3.56. The highest BCUT2D eigenvalue weighted by Gasteiger charge is 2.15. The molecule has 0 aliphatic rings. The van der Waals surface area contributed by atoms with Crippen LogP contribution in [0.3, 0.4) is 0 Å². The average molecular weight is 402 g/mol. The van der Waals surface area contributed by atoms with E-state index in [4.69, 9.17) is 0 Å². The normalized spacial score (nSPS) is 11.6. The number of nitrogens with zero attached hydrogens (tertiary/aromatic N) is 4. The van der Waals surface area contributed by atoms with Crippen molar-refractivity contribution in [2.75, 3.05) is 5.32 Å². The molecular formula is C19H24BrN5. The van der Waals surface area contributed by atoms with Gasteiger partial charge in [0.25, 0.3) is 0 Å². The Morgan fingerprint density at radius 3 is 2.72 bits per heavy atom. The van der Waals surface area contributed by atoms with Gasteiger partial charge >= 0.3 is 0 Å². The van der Waals surface area contributed by atoms with Gasteiger partial charge in [0.05, 0.1) is 17.4 Å². The molecule has 1 N–H and O–H groups in total. The van der Waals surface area contributed by atoms with E-state index < -0.39 is 0 Å². The molecule has 0 radical (unpaired) electrons. The van der Waals surface area contributed by atoms with Gasteiger partial charge in [0.2, 0.25) is 0 Å². The number of aromatic nitrogens is 4. The third-order valence-corrected chi connectivity index (χ3v) is 4.51. The summed E-state index contributed by atoms with van der Waals surface area (Å²) in [5.74, 6) is 0.644. The first-order chi connectivity index (χ1) is 11.9. The van der Waals surface area contributed by atoms with Crippen molar-refractivity contribution in [3.63, 3.8) is 0 Å². The van der Waals surface area contributed by atoms with Gasteiger partial charge in [-0.1, -0.05) is 35.0 Å². The smallest absolute Gasteiger partial charge is 0.116 e. The fourth-order valence-corrected chi connectivity index (χ4v) is 3.09. The van der Waals surface area contributed by atoms with Crippen molar-refractivity contribution in [1.29, 1.82) is 0 Å². The molecule has 3 rings (SSSR count). The van der Waals surface area contributed by atoms with E-state index in [1.54, 1.807) is 0 Å². The lowest BCUT2D eigenvalue weighted by molar-refractivity contribution is 0.478. The maximum absolute atomic E-state index is 4.61. The zero-order valence-corrected chi connectivity index (χ0v) is 16.7. The molecule has 1 aromatic carbocycles. The molecule has 5 nitrogen and oxygen atoms in total. The van der Waals surface area contributed by atoms with Crippen LogP contribution in [0.25, 0.3) is 22.2 Å². The van der Waals surface area contributed by atoms with Crippen LogP contribution < -0.4 is 5.32 Å². The van der Waals surface area contributed by atoms with Crippen LogP contribution in [0.4, 0.5) is 5.69 Å². The summed E-state index contributed by atoms with van der Waals surface area (Å²) in [6.07, 6.45) is 4.98. The zero-order valence-electron chi connectivity index (χ0n) is 15.1. The highest BCUT2D eigenvalue weighted by Crippen LogP contribution is 2.34. The number of rotatable bonds is 6. The molecule has 0 saturated heterocycles. The first-order valence-electron chi connectivity index (χ1n) is 8.69. The van der Waals surface area contributed by atoms with Gasteiger partial charge in [-0.05, 0) is 44.4 Å². The second-order valence-corrected chi connectivity index (χ2v) is 7.97. The van der Waals surface area contributed by atoms with E-state index in [9.17, 15) is 0 Å². The van der Waals surface area contributed by atoms with Crippen LogP contribution in [0.2, 0.25) is 0 Å². The van der Waals surface area contributed by atoms with Crippen molar-refractivity contribution >= 4 is 32.5 Å². The van der Waals surface area contributed by atoms with E-state index in [0.717, 1.165) is 45.3 Å². The predicted molar refractivity (Wildman–Crippen MR) is 107 cm³/mol. The lowest BCUT2D eigenvalue weighted by Crippen LogP contribution is -2.11. The molecule has 0 fully saturated rings. The zero-order chi connectivity index (χ0) is 18.0. The van der Waals surface area contributed by atoms with Gasteiger partial charge in [-0.25, -0.2) is 0 Å². The number of benzene rings is 1. The van der Waals surface area contributed by atoms with Crippen molar-refractivity contribution in [2.24, 2.45) is 5.92 Å². The van der Waals surface area contributed by atoms with Gasteiger partial charge in [-0.2, -0.15) is 0 Å². The average Bonchev–Trinajstić information content (AvgIpc) is 3.01. The van der Waals surface area contributed by atoms with E-state index in [2.05, 4.69) is 70.3 Å². The summed E-state index contributed by atoms with van der Waals surface area (Å²) < 4.78 is 2.95. The summed E-state index contributed by atoms with van der Waals surface area (Å²) in [6, 6.07) is 6.43. The minimum Gasteiger partial charge on any atom is -0.382 e. The van der Waals surface area contributed by atoms with Crippen molar-refractivity contribution in [1.82, 2.24) is 20.0 Å². The van der Waals surface area contributed by atoms with Gasteiger partial charge < -0.3 is 5.32 Å². The van der Waals surface area contributed by atoms with Crippen LogP contribution in [0.5, 0.6) is 0 Å². The highest BCUT2D eigenvalue weighted by atomic mass is 79.9. The highest BCUT2D eigenvalue weighted by molar-refractivity contribution is 9.10. The number of hydrogen-bond donors (Lipinski definition) is 1. The van der Waals surface area contributed by atoms with E-state index in [1.165, 1.54) is 0 Å². The molecule has 25 heavy (non-hydrogen) atoms. The number of aryl methyl sites for hydroxylation is 1. The predicted octanol–water partition coefficient (Wildman–Crippen LogP) is 5.12. The summed E-state index contributed by atoms with van der Waals surface area (Å²) in [6.45, 7) is 9.58. The molecule has 0 spiro atoms. The molecule has 0 aliphatic heterocycles. The Kier molecular flexibility index (Phi) is 5.37. The molecule has 0 amide bonds. The molecule has 6 heteroatoms. The standard InChI is InChI=1S/C19H24BrN5/c1-12(2)7-8-25-11-18(23-24-25)16-10-21-17-6-5-14(20)9-15(17)19(16)22-13(3)4/h5-6,9-13H,7-8H2,1-4H3,(H,21,22). The van der Waals surface area contributed by atoms with E-state index >= 15 is 0 Å². The Morgan fingerprint density at radius 1 is 1.20 bits per heavy atom. The summed E-state index contributed by atoms with van der Waals surface area (Å²) in [7, 11) is 0. The molecule has 0 atom stereocenters. The molecule has 0 saturated carbocycles. The summed E-state index contributed by atoms with van der Waals surface area (Å²) in [4.78, 5) is 4.61. The number of hydrogen-bond acceptors (Lipinski definition) is 4. The fraction of sp³-hybridized carbons (Fsp3) is 0.421. The Bertz CT molecular complexity index is 869. The van der Waals surface area contributed by atoms with E-state index in [-0.39, 0.29) is 0 Å². The van der Waals surface area contributed by atoms with Gasteiger partial charge in [-0.15, -0.1) is 5.10 Å². The van der Waals surface area contributed by atoms with Crippen molar-refractivity contribution in [2.45, 2.75) is 46.7 Å². The lowest BCUT2D eigenvalue weighted by Gasteiger charge is -2.16. The van der Waals surface area contributed by atoms with Gasteiger partial charge in [0, 0.05) is 34.2 Å². The monoisotopic (exact) mass is 401 g/mol. The number of anilines is 1. The minimum absolute atomic E-state index is 0.305. The third-order valence-electron chi connectivity index (χ3n) is 4.01. The van der Waals surface area contributed by atoms with Crippen molar-refractivity contribution in [3.8, 4) is 11.3 Å². The van der Waals surface area contributed by atoms with Crippen LogP contribution in [0.1, 0.15) is 34.1 Å². The van der Waals surface area contributed by atoms with Crippen LogP contribution >= 0.6 is 15.9 Å². The first kappa shape index (κ1) is 17.9. The van der Waals surface area contributed by atoms with Crippen LogP contribution in [0.15, 0.2) is 35.1 Å². The molecule has 0 aliphatic carbocycles. The summed E-state index contributed by atoms with van der Waals surface area (Å²) in [5, 5.41) is 13.3. The summed E-state index contributed by atoms with van der Waals surface area (Å²) in [5.41, 5.74) is 3.84. The fourth-order valence-electron chi connectivity index (χ4n) is 2.72. The van der Waals surface area contributed by atoms with Crippen LogP contribution in [-0.2, 0) is 6.54 Å². The van der Waals surface area contributed by atoms with E-state index in [0.29, 0.717) is 12.0 Å². The molecular weight excluding hydrogens is 378 g/mol. The largest absolute Gasteiger partial charge is 0.382 e. The van der Waals surface area contributed by atoms with Crippen molar-refractivity contribution in [3.05, 3.63) is 35.1 Å². The van der Waals surface area contributed by atoms with Gasteiger partial charge in [0.1, 0.15) is 5.69 Å². The molecule has 132 valence electrons. The number of halogens is 1. The lowest BCUT2D eigenvalue weighted by atomic mass is 10.1. The van der Waals surface area contributed by atoms with Crippen LogP contribution in [-0.4, -0.2) is 26.0 Å². The Labute approximate surface area is 157 Å². The Hall–Kier alpha value is -1.95. The molecule has 2 heterocycles. The second kappa shape index (κ2) is 7.52. The van der Waals surface area contributed by atoms with Gasteiger partial charge in [-0.3, -0.25) is 9.67 Å². The topological polar surface area (TPSA) is 55.6 Å². The molecule has 2 aromatic heterocycles. The van der Waals surface area contributed by atoms with Gasteiger partial charge in [0.15, 0.2) is 0 Å². The number of nitrogens with one attached hydrogen (secondary N) is 1. The Balaban J connectivity index is 2.05. The molecule has 0 unspecified atom stereocenters. The Morgan fingerprint density at radius 2 is 2.00 bits per heavy atom. The minimum atomic E-state index is 0.305.